The molecule has 0 bridgehead atoms. The third kappa shape index (κ3) is 2.96. The lowest BCUT2D eigenvalue weighted by molar-refractivity contribution is 0.414. The minimum atomic E-state index is 0.853. The Bertz CT molecular complexity index is 517. The molecule has 0 aliphatic carbocycles. The highest BCUT2D eigenvalue weighted by Crippen LogP contribution is 2.19. The largest absolute Gasteiger partial charge is 0.497 e. The first kappa shape index (κ1) is 13.6. The lowest BCUT2D eigenvalue weighted by Gasteiger charge is -2.09. The summed E-state index contributed by atoms with van der Waals surface area (Å²) in [6, 6.07) is 8.00. The first-order valence-electron chi connectivity index (χ1n) is 6.65. The van der Waals surface area contributed by atoms with Gasteiger partial charge in [-0.25, -0.2) is 4.68 Å². The molecule has 102 valence electrons. The zero-order valence-electron chi connectivity index (χ0n) is 11.8. The Hall–Kier alpha value is -1.81. The van der Waals surface area contributed by atoms with Crippen LogP contribution in [0.25, 0.3) is 5.69 Å². The summed E-state index contributed by atoms with van der Waals surface area (Å²) in [7, 11) is 3.64. The zero-order valence-corrected chi connectivity index (χ0v) is 11.8. The number of aromatic nitrogens is 2. The fraction of sp³-hybridized carbons (Fsp3) is 0.400. The van der Waals surface area contributed by atoms with Gasteiger partial charge in [-0.3, -0.25) is 0 Å². The third-order valence-electron chi connectivity index (χ3n) is 3.13. The van der Waals surface area contributed by atoms with Gasteiger partial charge in [-0.15, -0.1) is 0 Å². The van der Waals surface area contributed by atoms with Crippen molar-refractivity contribution in [1.82, 2.24) is 15.1 Å². The van der Waals surface area contributed by atoms with Gasteiger partial charge in [-0.2, -0.15) is 5.10 Å². The number of nitrogens with one attached hydrogen (secondary N) is 1. The number of ether oxygens (including phenoxy) is 1. The normalized spacial score (nSPS) is 10.7. The molecule has 4 heteroatoms. The first-order valence-corrected chi connectivity index (χ1v) is 6.65. The fourth-order valence-corrected chi connectivity index (χ4v) is 2.19. The Balaban J connectivity index is 2.36. The molecule has 0 aliphatic heterocycles. The average molecular weight is 259 g/mol. The van der Waals surface area contributed by atoms with Gasteiger partial charge >= 0.3 is 0 Å². The van der Waals surface area contributed by atoms with Crippen LogP contribution in [0, 0.1) is 0 Å². The highest BCUT2D eigenvalue weighted by atomic mass is 16.5. The van der Waals surface area contributed by atoms with Crippen molar-refractivity contribution >= 4 is 0 Å². The standard InChI is InChI=1S/C15H21N3O/c1-4-5-15-12(10-16-2)11-17-18(15)13-6-8-14(19-3)9-7-13/h6-9,11,16H,4-5,10H2,1-3H3. The summed E-state index contributed by atoms with van der Waals surface area (Å²) in [4.78, 5) is 0. The van der Waals surface area contributed by atoms with E-state index in [1.54, 1.807) is 7.11 Å². The maximum Gasteiger partial charge on any atom is 0.119 e. The summed E-state index contributed by atoms with van der Waals surface area (Å²) in [5, 5.41) is 7.71. The van der Waals surface area contributed by atoms with Gasteiger partial charge in [0.05, 0.1) is 19.0 Å². The Kier molecular flexibility index (Phi) is 4.58. The van der Waals surface area contributed by atoms with Gasteiger partial charge in [0.1, 0.15) is 5.75 Å². The second-order valence-electron chi connectivity index (χ2n) is 4.51. The lowest BCUT2D eigenvalue weighted by Crippen LogP contribution is -2.09. The number of hydrogen-bond acceptors (Lipinski definition) is 3. The van der Waals surface area contributed by atoms with Crippen molar-refractivity contribution in [2.75, 3.05) is 14.2 Å². The Morgan fingerprint density at radius 3 is 2.58 bits per heavy atom. The van der Waals surface area contributed by atoms with Crippen molar-refractivity contribution in [1.29, 1.82) is 0 Å². The second-order valence-corrected chi connectivity index (χ2v) is 4.51. The minimum Gasteiger partial charge on any atom is -0.497 e. The van der Waals surface area contributed by atoms with Crippen LogP contribution in [0.15, 0.2) is 30.5 Å². The van der Waals surface area contributed by atoms with E-state index in [0.29, 0.717) is 0 Å². The van der Waals surface area contributed by atoms with Crippen LogP contribution in [0.4, 0.5) is 0 Å². The van der Waals surface area contributed by atoms with Crippen LogP contribution in [-0.4, -0.2) is 23.9 Å². The molecular weight excluding hydrogens is 238 g/mol. The van der Waals surface area contributed by atoms with E-state index in [1.807, 2.05) is 42.2 Å². The smallest absolute Gasteiger partial charge is 0.119 e. The van der Waals surface area contributed by atoms with Crippen LogP contribution in [-0.2, 0) is 13.0 Å². The average Bonchev–Trinajstić information content (AvgIpc) is 2.83. The molecule has 1 aromatic carbocycles. The van der Waals surface area contributed by atoms with Crippen LogP contribution in [0.2, 0.25) is 0 Å². The molecule has 1 aromatic heterocycles. The molecule has 0 saturated heterocycles. The molecule has 0 fully saturated rings. The van der Waals surface area contributed by atoms with E-state index in [0.717, 1.165) is 30.8 Å². The van der Waals surface area contributed by atoms with E-state index >= 15 is 0 Å². The van der Waals surface area contributed by atoms with E-state index in [-0.39, 0.29) is 0 Å². The molecule has 0 atom stereocenters. The van der Waals surface area contributed by atoms with Gasteiger partial charge < -0.3 is 10.1 Å². The molecule has 1 heterocycles. The van der Waals surface area contributed by atoms with Gasteiger partial charge in [0.25, 0.3) is 0 Å². The summed E-state index contributed by atoms with van der Waals surface area (Å²) in [6.45, 7) is 3.04. The fourth-order valence-electron chi connectivity index (χ4n) is 2.19. The summed E-state index contributed by atoms with van der Waals surface area (Å²) in [6.07, 6.45) is 4.09. The molecule has 0 aliphatic rings. The Morgan fingerprint density at radius 1 is 1.26 bits per heavy atom. The maximum absolute atomic E-state index is 5.19. The van der Waals surface area contributed by atoms with E-state index in [9.17, 15) is 0 Å². The molecule has 0 unspecified atom stereocenters. The predicted molar refractivity (Wildman–Crippen MR) is 76.9 cm³/mol. The lowest BCUT2D eigenvalue weighted by atomic mass is 10.1. The van der Waals surface area contributed by atoms with E-state index in [1.165, 1.54) is 11.3 Å². The topological polar surface area (TPSA) is 39.1 Å². The van der Waals surface area contributed by atoms with Gasteiger partial charge in [0.15, 0.2) is 0 Å². The quantitative estimate of drug-likeness (QED) is 0.866. The molecule has 0 amide bonds. The van der Waals surface area contributed by atoms with Crippen molar-refractivity contribution in [2.45, 2.75) is 26.3 Å². The van der Waals surface area contributed by atoms with Crippen molar-refractivity contribution in [3.63, 3.8) is 0 Å². The van der Waals surface area contributed by atoms with Gasteiger partial charge in [-0.1, -0.05) is 13.3 Å². The van der Waals surface area contributed by atoms with E-state index < -0.39 is 0 Å². The van der Waals surface area contributed by atoms with Crippen LogP contribution in [0.1, 0.15) is 24.6 Å². The SMILES string of the molecule is CCCc1c(CNC)cnn1-c1ccc(OC)cc1. The summed E-state index contributed by atoms with van der Waals surface area (Å²) in [5.74, 6) is 0.864. The minimum absolute atomic E-state index is 0.853. The molecule has 19 heavy (non-hydrogen) atoms. The molecule has 0 spiro atoms. The van der Waals surface area contributed by atoms with Crippen molar-refractivity contribution in [3.05, 3.63) is 41.7 Å². The number of benzene rings is 1. The maximum atomic E-state index is 5.19. The summed E-state index contributed by atoms with van der Waals surface area (Å²) >= 11 is 0. The second kappa shape index (κ2) is 6.38. The van der Waals surface area contributed by atoms with Crippen molar-refractivity contribution < 1.29 is 4.74 Å². The molecule has 2 aromatic rings. The molecular formula is C15H21N3O. The highest BCUT2D eigenvalue weighted by Gasteiger charge is 2.10. The number of methoxy groups -OCH3 is 1. The van der Waals surface area contributed by atoms with Gasteiger partial charge in [0.2, 0.25) is 0 Å². The number of rotatable bonds is 6. The van der Waals surface area contributed by atoms with E-state index in [2.05, 4.69) is 17.3 Å². The predicted octanol–water partition coefficient (Wildman–Crippen LogP) is 2.55. The number of hydrogen-bond donors (Lipinski definition) is 1. The summed E-state index contributed by atoms with van der Waals surface area (Å²) < 4.78 is 7.21. The molecule has 1 N–H and O–H groups in total. The van der Waals surface area contributed by atoms with Gasteiger partial charge in [0, 0.05) is 17.8 Å². The van der Waals surface area contributed by atoms with E-state index in [4.69, 9.17) is 4.74 Å². The molecule has 0 radical (unpaired) electrons. The van der Waals surface area contributed by atoms with Crippen molar-refractivity contribution in [2.24, 2.45) is 0 Å². The monoisotopic (exact) mass is 259 g/mol. The first-order chi connectivity index (χ1) is 9.30. The van der Waals surface area contributed by atoms with Crippen LogP contribution in [0.5, 0.6) is 5.75 Å². The Labute approximate surface area is 114 Å². The zero-order chi connectivity index (χ0) is 13.7. The van der Waals surface area contributed by atoms with Gasteiger partial charge in [-0.05, 0) is 37.7 Å². The third-order valence-corrected chi connectivity index (χ3v) is 3.13. The Morgan fingerprint density at radius 2 is 2.00 bits per heavy atom. The molecule has 0 saturated carbocycles. The van der Waals surface area contributed by atoms with Crippen molar-refractivity contribution in [3.8, 4) is 11.4 Å². The molecule has 2 rings (SSSR count). The van der Waals surface area contributed by atoms with Crippen LogP contribution < -0.4 is 10.1 Å². The summed E-state index contributed by atoms with van der Waals surface area (Å²) in [5.41, 5.74) is 3.62. The van der Waals surface area contributed by atoms with Crippen LogP contribution >= 0.6 is 0 Å². The highest BCUT2D eigenvalue weighted by molar-refractivity contribution is 5.39. The molecule has 4 nitrogen and oxygen atoms in total. The number of nitrogens with zero attached hydrogens (tertiary/aromatic N) is 2. The van der Waals surface area contributed by atoms with Crippen LogP contribution in [0.3, 0.4) is 0 Å².